The molecule has 4 heteroatoms. The number of fused-ring (bicyclic) bond motifs is 1. The average molecular weight is 298 g/mol. The molecule has 1 aliphatic carbocycles. The minimum atomic E-state index is 0.543. The van der Waals surface area contributed by atoms with E-state index in [0.29, 0.717) is 6.04 Å². The van der Waals surface area contributed by atoms with E-state index in [9.17, 15) is 0 Å². The van der Waals surface area contributed by atoms with E-state index in [1.807, 2.05) is 37.3 Å². The van der Waals surface area contributed by atoms with Crippen molar-refractivity contribution in [1.29, 1.82) is 0 Å². The maximum absolute atomic E-state index is 6.16. The number of imidazole rings is 1. The zero-order valence-electron chi connectivity index (χ0n) is 11.8. The summed E-state index contributed by atoms with van der Waals surface area (Å²) in [6.07, 6.45) is 2.41. The van der Waals surface area contributed by atoms with Crippen molar-refractivity contribution in [2.75, 3.05) is 5.73 Å². The monoisotopic (exact) mass is 297 g/mol. The third-order valence-electron chi connectivity index (χ3n) is 4.09. The summed E-state index contributed by atoms with van der Waals surface area (Å²) in [7, 11) is 0. The maximum atomic E-state index is 6.16. The molecule has 0 radical (unpaired) electrons. The molecule has 0 amide bonds. The van der Waals surface area contributed by atoms with Crippen LogP contribution in [-0.2, 0) is 0 Å². The molecule has 1 saturated carbocycles. The first-order valence-corrected chi connectivity index (χ1v) is 7.55. The summed E-state index contributed by atoms with van der Waals surface area (Å²) in [5, 5.41) is 0.754. The molecule has 1 fully saturated rings. The fourth-order valence-electron chi connectivity index (χ4n) is 2.79. The van der Waals surface area contributed by atoms with Gasteiger partial charge in [0.05, 0.1) is 11.0 Å². The zero-order valence-corrected chi connectivity index (χ0v) is 12.6. The topological polar surface area (TPSA) is 43.8 Å². The van der Waals surface area contributed by atoms with Crippen LogP contribution in [0.25, 0.3) is 22.4 Å². The molecule has 1 heterocycles. The van der Waals surface area contributed by atoms with Gasteiger partial charge < -0.3 is 10.3 Å². The standard InChI is InChI=1S/C17H16ClN3/c1-10-8-11(2-6-14(10)19)17-20-15-7-3-12(18)9-16(15)21(17)13-4-5-13/h2-3,6-9,13H,4-5,19H2,1H3. The Bertz CT molecular complexity index is 847. The SMILES string of the molecule is Cc1cc(-c2nc3ccc(Cl)cc3n2C2CC2)ccc1N. The summed E-state index contributed by atoms with van der Waals surface area (Å²) in [6.45, 7) is 2.03. The van der Waals surface area contributed by atoms with Crippen LogP contribution in [0.5, 0.6) is 0 Å². The quantitative estimate of drug-likeness (QED) is 0.703. The van der Waals surface area contributed by atoms with Gasteiger partial charge in [-0.15, -0.1) is 0 Å². The number of rotatable bonds is 2. The summed E-state index contributed by atoms with van der Waals surface area (Å²) in [6, 6.07) is 12.5. The van der Waals surface area contributed by atoms with Gasteiger partial charge in [0.15, 0.2) is 0 Å². The highest BCUT2D eigenvalue weighted by Crippen LogP contribution is 2.41. The molecule has 4 rings (SSSR count). The fourth-order valence-corrected chi connectivity index (χ4v) is 2.95. The molecule has 0 bridgehead atoms. The minimum Gasteiger partial charge on any atom is -0.399 e. The number of hydrogen-bond donors (Lipinski definition) is 1. The van der Waals surface area contributed by atoms with Crippen molar-refractivity contribution in [3.05, 3.63) is 47.0 Å². The second-order valence-corrected chi connectivity index (χ2v) is 6.18. The molecule has 106 valence electrons. The number of nitrogen functional groups attached to an aromatic ring is 1. The zero-order chi connectivity index (χ0) is 14.6. The lowest BCUT2D eigenvalue weighted by molar-refractivity contribution is 0.775. The van der Waals surface area contributed by atoms with E-state index in [2.05, 4.69) is 10.6 Å². The van der Waals surface area contributed by atoms with Crippen LogP contribution in [0, 0.1) is 6.92 Å². The van der Waals surface area contributed by atoms with Gasteiger partial charge in [-0.05, 0) is 61.7 Å². The van der Waals surface area contributed by atoms with Crippen LogP contribution >= 0.6 is 11.6 Å². The number of benzene rings is 2. The molecule has 3 nitrogen and oxygen atoms in total. The van der Waals surface area contributed by atoms with Crippen molar-refractivity contribution in [3.63, 3.8) is 0 Å². The van der Waals surface area contributed by atoms with Crippen LogP contribution in [0.3, 0.4) is 0 Å². The highest BCUT2D eigenvalue weighted by Gasteiger charge is 2.28. The lowest BCUT2D eigenvalue weighted by Crippen LogP contribution is -1.98. The van der Waals surface area contributed by atoms with Gasteiger partial charge in [-0.2, -0.15) is 0 Å². The minimum absolute atomic E-state index is 0.543. The first-order valence-electron chi connectivity index (χ1n) is 7.17. The van der Waals surface area contributed by atoms with E-state index in [1.165, 1.54) is 12.8 Å². The third kappa shape index (κ3) is 2.09. The van der Waals surface area contributed by atoms with Crippen LogP contribution in [0.15, 0.2) is 36.4 Å². The van der Waals surface area contributed by atoms with Crippen molar-refractivity contribution in [3.8, 4) is 11.4 Å². The van der Waals surface area contributed by atoms with Gasteiger partial charge in [0.25, 0.3) is 0 Å². The largest absolute Gasteiger partial charge is 0.399 e. The van der Waals surface area contributed by atoms with Crippen LogP contribution < -0.4 is 5.73 Å². The molecule has 2 N–H and O–H groups in total. The van der Waals surface area contributed by atoms with E-state index in [-0.39, 0.29) is 0 Å². The second kappa shape index (κ2) is 4.50. The second-order valence-electron chi connectivity index (χ2n) is 5.74. The van der Waals surface area contributed by atoms with Crippen LogP contribution in [-0.4, -0.2) is 9.55 Å². The Balaban J connectivity index is 1.99. The molecule has 0 saturated heterocycles. The molecule has 0 spiro atoms. The number of aromatic nitrogens is 2. The molecule has 1 aliphatic rings. The number of halogens is 1. The summed E-state index contributed by atoms with van der Waals surface area (Å²) >= 11 is 6.16. The van der Waals surface area contributed by atoms with Crippen molar-refractivity contribution >= 4 is 28.3 Å². The summed E-state index contributed by atoms with van der Waals surface area (Å²) in [4.78, 5) is 4.82. The highest BCUT2D eigenvalue weighted by atomic mass is 35.5. The first kappa shape index (κ1) is 12.7. The first-order chi connectivity index (χ1) is 10.1. The van der Waals surface area contributed by atoms with Gasteiger partial charge in [0.1, 0.15) is 5.82 Å². The summed E-state index contributed by atoms with van der Waals surface area (Å²) in [5.74, 6) is 1.01. The number of hydrogen-bond acceptors (Lipinski definition) is 2. The van der Waals surface area contributed by atoms with E-state index in [0.717, 1.165) is 38.7 Å². The van der Waals surface area contributed by atoms with Crippen molar-refractivity contribution in [2.24, 2.45) is 0 Å². The van der Waals surface area contributed by atoms with Crippen molar-refractivity contribution in [2.45, 2.75) is 25.8 Å². The van der Waals surface area contributed by atoms with Gasteiger partial charge in [0.2, 0.25) is 0 Å². The molecule has 21 heavy (non-hydrogen) atoms. The third-order valence-corrected chi connectivity index (χ3v) is 4.33. The van der Waals surface area contributed by atoms with Gasteiger partial charge >= 0.3 is 0 Å². The predicted molar refractivity (Wildman–Crippen MR) is 87.6 cm³/mol. The highest BCUT2D eigenvalue weighted by molar-refractivity contribution is 6.31. The molecule has 2 aromatic carbocycles. The van der Waals surface area contributed by atoms with Gasteiger partial charge in [-0.25, -0.2) is 4.98 Å². The fraction of sp³-hybridized carbons (Fsp3) is 0.235. The van der Waals surface area contributed by atoms with Crippen molar-refractivity contribution < 1.29 is 0 Å². The smallest absolute Gasteiger partial charge is 0.141 e. The molecule has 0 unspecified atom stereocenters. The Morgan fingerprint density at radius 2 is 2.00 bits per heavy atom. The Morgan fingerprint density at radius 1 is 1.19 bits per heavy atom. The van der Waals surface area contributed by atoms with E-state index in [4.69, 9.17) is 22.3 Å². The Morgan fingerprint density at radius 3 is 2.71 bits per heavy atom. The Labute approximate surface area is 128 Å². The normalized spacial score (nSPS) is 14.8. The maximum Gasteiger partial charge on any atom is 0.141 e. The van der Waals surface area contributed by atoms with E-state index < -0.39 is 0 Å². The van der Waals surface area contributed by atoms with Gasteiger partial charge in [0, 0.05) is 22.3 Å². The number of nitrogens with zero attached hydrogens (tertiary/aromatic N) is 2. The lowest BCUT2D eigenvalue weighted by Gasteiger charge is -2.09. The number of anilines is 1. The number of nitrogens with two attached hydrogens (primary N) is 1. The summed E-state index contributed by atoms with van der Waals surface area (Å²) in [5.41, 5.74) is 11.1. The molecule has 3 aromatic rings. The summed E-state index contributed by atoms with van der Waals surface area (Å²) < 4.78 is 2.33. The van der Waals surface area contributed by atoms with Gasteiger partial charge in [-0.3, -0.25) is 0 Å². The Kier molecular flexibility index (Phi) is 2.73. The average Bonchev–Trinajstić information content (AvgIpc) is 3.23. The van der Waals surface area contributed by atoms with Crippen LogP contribution in [0.1, 0.15) is 24.4 Å². The number of aryl methyl sites for hydroxylation is 1. The van der Waals surface area contributed by atoms with Crippen LogP contribution in [0.2, 0.25) is 5.02 Å². The molecular formula is C17H16ClN3. The Hall–Kier alpha value is -2.00. The molecule has 0 aliphatic heterocycles. The molecule has 0 atom stereocenters. The van der Waals surface area contributed by atoms with Crippen LogP contribution in [0.4, 0.5) is 5.69 Å². The van der Waals surface area contributed by atoms with E-state index in [1.54, 1.807) is 0 Å². The van der Waals surface area contributed by atoms with Gasteiger partial charge in [-0.1, -0.05) is 11.6 Å². The van der Waals surface area contributed by atoms with Crippen molar-refractivity contribution in [1.82, 2.24) is 9.55 Å². The molecular weight excluding hydrogens is 282 g/mol. The van der Waals surface area contributed by atoms with E-state index >= 15 is 0 Å². The predicted octanol–water partition coefficient (Wildman–Crippen LogP) is 4.58. The lowest BCUT2D eigenvalue weighted by atomic mass is 10.1. The molecule has 1 aromatic heterocycles.